The highest BCUT2D eigenvalue weighted by Gasteiger charge is 2.59. The van der Waals surface area contributed by atoms with Crippen LogP contribution in [-0.2, 0) is 0 Å². The van der Waals surface area contributed by atoms with Gasteiger partial charge in [-0.25, -0.2) is 0 Å². The first-order valence-corrected chi connectivity index (χ1v) is 10.7. The van der Waals surface area contributed by atoms with Gasteiger partial charge in [0, 0.05) is 0 Å². The molecule has 0 bridgehead atoms. The zero-order valence-corrected chi connectivity index (χ0v) is 16.4. The molecule has 0 aromatic rings. The van der Waals surface area contributed by atoms with Crippen molar-refractivity contribution in [1.29, 1.82) is 0 Å². The average molecular weight is 386 g/mol. The van der Waals surface area contributed by atoms with E-state index in [0.717, 1.165) is 51.4 Å². The van der Waals surface area contributed by atoms with Crippen molar-refractivity contribution >= 4 is 0 Å². The van der Waals surface area contributed by atoms with Crippen LogP contribution in [0.4, 0.5) is 13.2 Å². The number of hydrogen-bond donors (Lipinski definition) is 2. The third-order valence-electron chi connectivity index (χ3n) is 9.16. The highest BCUT2D eigenvalue weighted by atomic mass is 19.4. The molecular weight excluding hydrogens is 353 g/mol. The molecule has 3 fully saturated rings. The van der Waals surface area contributed by atoms with Crippen LogP contribution >= 0.6 is 0 Å². The van der Waals surface area contributed by atoms with E-state index in [1.807, 2.05) is 0 Å². The topological polar surface area (TPSA) is 40.5 Å². The summed E-state index contributed by atoms with van der Waals surface area (Å²) in [5.41, 5.74) is 1.50. The summed E-state index contributed by atoms with van der Waals surface area (Å²) in [6.45, 7) is 4.56. The molecule has 5 unspecified atom stereocenters. The lowest BCUT2D eigenvalue weighted by Gasteiger charge is -2.58. The lowest BCUT2D eigenvalue weighted by atomic mass is 9.47. The summed E-state index contributed by atoms with van der Waals surface area (Å²) in [7, 11) is 0. The first-order chi connectivity index (χ1) is 12.6. The SMILES string of the molecule is CC12CCC3[C@@H](CC=C4C[C@@H](O)CC[C@@]43C)C1CCC2CC(O)C(F)(F)F. The average Bonchev–Trinajstić information content (AvgIpc) is 2.91. The summed E-state index contributed by atoms with van der Waals surface area (Å²) >= 11 is 0. The van der Waals surface area contributed by atoms with E-state index >= 15 is 0 Å². The lowest BCUT2D eigenvalue weighted by molar-refractivity contribution is -0.211. The summed E-state index contributed by atoms with van der Waals surface area (Å²) in [5.74, 6) is 1.56. The molecule has 4 rings (SSSR count). The maximum Gasteiger partial charge on any atom is 0.414 e. The third-order valence-corrected chi connectivity index (χ3v) is 9.16. The molecule has 0 aliphatic heterocycles. The quantitative estimate of drug-likeness (QED) is 0.637. The Kier molecular flexibility index (Phi) is 4.74. The minimum atomic E-state index is -4.51. The fourth-order valence-corrected chi connectivity index (χ4v) is 7.54. The molecule has 27 heavy (non-hydrogen) atoms. The minimum absolute atomic E-state index is 0.0357. The Bertz CT molecular complexity index is 615. The van der Waals surface area contributed by atoms with Crippen LogP contribution in [0.2, 0.25) is 0 Å². The van der Waals surface area contributed by atoms with Crippen LogP contribution in [0, 0.1) is 34.5 Å². The first-order valence-electron chi connectivity index (χ1n) is 10.7. The standard InChI is InChI=1S/C22H33F3O2/c1-20-9-7-15(26)11-13(20)3-5-16-17-6-4-14(12-19(27)22(23,24)25)21(17,2)10-8-18(16)20/h3,14-19,26-27H,4-12H2,1-2H3/t14?,15-,16-,17?,18?,19?,20-,21?/m0/s1. The van der Waals surface area contributed by atoms with Crippen molar-refractivity contribution in [3.63, 3.8) is 0 Å². The minimum Gasteiger partial charge on any atom is -0.393 e. The van der Waals surface area contributed by atoms with E-state index < -0.39 is 12.3 Å². The van der Waals surface area contributed by atoms with Crippen LogP contribution in [0.1, 0.15) is 71.6 Å². The number of hydrogen-bond acceptors (Lipinski definition) is 2. The van der Waals surface area contributed by atoms with E-state index in [1.54, 1.807) is 0 Å². The number of allylic oxidation sites excluding steroid dienone is 1. The molecule has 0 amide bonds. The third kappa shape index (κ3) is 3.08. The van der Waals surface area contributed by atoms with Gasteiger partial charge in [-0.1, -0.05) is 25.5 Å². The van der Waals surface area contributed by atoms with E-state index in [9.17, 15) is 23.4 Å². The van der Waals surface area contributed by atoms with Crippen LogP contribution in [0.3, 0.4) is 0 Å². The molecule has 0 radical (unpaired) electrons. The molecule has 8 atom stereocenters. The predicted octanol–water partition coefficient (Wildman–Crippen LogP) is 5.24. The summed E-state index contributed by atoms with van der Waals surface area (Å²) < 4.78 is 38.7. The van der Waals surface area contributed by atoms with Crippen molar-refractivity contribution < 1.29 is 23.4 Å². The van der Waals surface area contributed by atoms with Crippen LogP contribution < -0.4 is 0 Å². The van der Waals surface area contributed by atoms with Crippen molar-refractivity contribution in [2.45, 2.75) is 90.0 Å². The van der Waals surface area contributed by atoms with Gasteiger partial charge in [0.15, 0.2) is 0 Å². The normalized spacial score (nSPS) is 48.3. The Balaban J connectivity index is 1.55. The van der Waals surface area contributed by atoms with Crippen molar-refractivity contribution in [1.82, 2.24) is 0 Å². The number of aliphatic hydroxyl groups excluding tert-OH is 2. The summed E-state index contributed by atoms with van der Waals surface area (Å²) in [4.78, 5) is 0. The number of alkyl halides is 3. The first kappa shape index (κ1) is 19.8. The van der Waals surface area contributed by atoms with Gasteiger partial charge in [-0.3, -0.25) is 0 Å². The Hall–Kier alpha value is -0.550. The van der Waals surface area contributed by atoms with E-state index in [0.29, 0.717) is 17.8 Å². The van der Waals surface area contributed by atoms with Gasteiger partial charge in [-0.05, 0) is 92.3 Å². The highest BCUT2D eigenvalue weighted by molar-refractivity contribution is 5.25. The van der Waals surface area contributed by atoms with Crippen LogP contribution in [-0.4, -0.2) is 28.6 Å². The molecule has 0 aromatic heterocycles. The molecule has 0 spiro atoms. The molecule has 0 saturated heterocycles. The van der Waals surface area contributed by atoms with Crippen LogP contribution in [0.5, 0.6) is 0 Å². The maximum atomic E-state index is 12.9. The smallest absolute Gasteiger partial charge is 0.393 e. The molecule has 0 heterocycles. The molecule has 0 aromatic carbocycles. The second-order valence-electron chi connectivity index (χ2n) is 10.3. The zero-order chi connectivity index (χ0) is 19.6. The van der Waals surface area contributed by atoms with E-state index in [2.05, 4.69) is 19.9 Å². The Labute approximate surface area is 160 Å². The Morgan fingerprint density at radius 2 is 1.85 bits per heavy atom. The van der Waals surface area contributed by atoms with Gasteiger partial charge >= 0.3 is 6.18 Å². The van der Waals surface area contributed by atoms with Gasteiger partial charge in [-0.15, -0.1) is 0 Å². The molecule has 154 valence electrons. The lowest BCUT2D eigenvalue weighted by Crippen LogP contribution is -2.50. The van der Waals surface area contributed by atoms with Crippen molar-refractivity contribution in [2.24, 2.45) is 34.5 Å². The van der Waals surface area contributed by atoms with Gasteiger partial charge in [0.1, 0.15) is 6.10 Å². The van der Waals surface area contributed by atoms with Gasteiger partial charge in [0.05, 0.1) is 6.10 Å². The van der Waals surface area contributed by atoms with E-state index in [-0.39, 0.29) is 29.3 Å². The highest BCUT2D eigenvalue weighted by Crippen LogP contribution is 2.66. The molecule has 5 heteroatoms. The van der Waals surface area contributed by atoms with Crippen LogP contribution in [0.25, 0.3) is 0 Å². The van der Waals surface area contributed by atoms with Gasteiger partial charge in [0.25, 0.3) is 0 Å². The summed E-state index contributed by atoms with van der Waals surface area (Å²) in [6, 6.07) is 0. The Morgan fingerprint density at radius 1 is 1.11 bits per heavy atom. The fraction of sp³-hybridized carbons (Fsp3) is 0.909. The number of halogens is 3. The number of rotatable bonds is 2. The summed E-state index contributed by atoms with van der Waals surface area (Å²) in [6.07, 6.45) is 2.84. The zero-order valence-electron chi connectivity index (χ0n) is 16.4. The van der Waals surface area contributed by atoms with E-state index in [1.165, 1.54) is 5.57 Å². The van der Waals surface area contributed by atoms with Crippen LogP contribution in [0.15, 0.2) is 11.6 Å². The summed E-state index contributed by atoms with van der Waals surface area (Å²) in [5, 5.41) is 19.7. The van der Waals surface area contributed by atoms with Gasteiger partial charge in [-0.2, -0.15) is 13.2 Å². The fourth-order valence-electron chi connectivity index (χ4n) is 7.54. The Morgan fingerprint density at radius 3 is 2.56 bits per heavy atom. The molecular formula is C22H33F3O2. The number of aliphatic hydroxyl groups is 2. The van der Waals surface area contributed by atoms with Crippen molar-refractivity contribution in [3.05, 3.63) is 11.6 Å². The second-order valence-corrected chi connectivity index (χ2v) is 10.3. The molecule has 3 saturated carbocycles. The number of fused-ring (bicyclic) bond motifs is 5. The van der Waals surface area contributed by atoms with Gasteiger partial charge < -0.3 is 10.2 Å². The van der Waals surface area contributed by atoms with Crippen molar-refractivity contribution in [3.8, 4) is 0 Å². The molecule has 2 nitrogen and oxygen atoms in total. The second kappa shape index (κ2) is 6.48. The molecule has 2 N–H and O–H groups in total. The molecule has 4 aliphatic rings. The maximum absolute atomic E-state index is 12.9. The van der Waals surface area contributed by atoms with Crippen molar-refractivity contribution in [2.75, 3.05) is 0 Å². The largest absolute Gasteiger partial charge is 0.414 e. The van der Waals surface area contributed by atoms with Gasteiger partial charge in [0.2, 0.25) is 0 Å². The van der Waals surface area contributed by atoms with E-state index in [4.69, 9.17) is 0 Å². The predicted molar refractivity (Wildman–Crippen MR) is 97.9 cm³/mol. The molecule has 4 aliphatic carbocycles. The monoisotopic (exact) mass is 386 g/mol.